The predicted molar refractivity (Wildman–Crippen MR) is 97.7 cm³/mol. The highest BCUT2D eigenvalue weighted by Crippen LogP contribution is 2.41. The number of hydrogen-bond donors (Lipinski definition) is 1. The van der Waals surface area contributed by atoms with Crippen LogP contribution >= 0.6 is 0 Å². The van der Waals surface area contributed by atoms with Crippen LogP contribution in [0.2, 0.25) is 0 Å². The minimum Gasteiger partial charge on any atom is -0.480 e. The summed E-state index contributed by atoms with van der Waals surface area (Å²) >= 11 is 0. The molecule has 2 aliphatic rings. The lowest BCUT2D eigenvalue weighted by Crippen LogP contribution is -2.39. The lowest BCUT2D eigenvalue weighted by molar-refractivity contribution is -0.142. The van der Waals surface area contributed by atoms with Crippen molar-refractivity contribution in [1.82, 2.24) is 4.90 Å². The minimum atomic E-state index is -0.752. The number of carboxylic acid groups (broad SMARTS) is 1. The number of benzene rings is 2. The molecule has 0 radical (unpaired) electrons. The molecule has 0 amide bonds. The van der Waals surface area contributed by atoms with E-state index in [0.717, 1.165) is 35.6 Å². The van der Waals surface area contributed by atoms with Gasteiger partial charge in [0.05, 0.1) is 6.04 Å². The average Bonchev–Trinajstić information content (AvgIpc) is 3.26. The van der Waals surface area contributed by atoms with Crippen LogP contribution in [0.1, 0.15) is 41.1 Å². The van der Waals surface area contributed by atoms with Gasteiger partial charge in [-0.3, -0.25) is 9.69 Å². The van der Waals surface area contributed by atoms with Crippen LogP contribution in [0.25, 0.3) is 0 Å². The van der Waals surface area contributed by atoms with Crippen molar-refractivity contribution in [3.8, 4) is 11.5 Å². The minimum absolute atomic E-state index is 0.117. The lowest BCUT2D eigenvalue weighted by Gasteiger charge is -2.33. The van der Waals surface area contributed by atoms with E-state index in [4.69, 9.17) is 9.47 Å². The molecule has 4 rings (SSSR count). The number of aryl methyl sites for hydroxylation is 2. The molecule has 2 aromatic carbocycles. The van der Waals surface area contributed by atoms with Gasteiger partial charge in [-0.15, -0.1) is 0 Å². The van der Waals surface area contributed by atoms with Crippen molar-refractivity contribution in [2.75, 3.05) is 13.3 Å². The summed E-state index contributed by atoms with van der Waals surface area (Å²) in [6.07, 6.45) is 1.57. The van der Waals surface area contributed by atoms with Crippen LogP contribution in [0.5, 0.6) is 11.5 Å². The van der Waals surface area contributed by atoms with E-state index < -0.39 is 12.0 Å². The van der Waals surface area contributed by atoms with Crippen LogP contribution < -0.4 is 9.47 Å². The number of likely N-dealkylation sites (tertiary alicyclic amines) is 1. The maximum Gasteiger partial charge on any atom is 0.320 e. The van der Waals surface area contributed by atoms with Gasteiger partial charge in [-0.25, -0.2) is 0 Å². The molecule has 1 fully saturated rings. The second kappa shape index (κ2) is 6.65. The van der Waals surface area contributed by atoms with Gasteiger partial charge in [-0.2, -0.15) is 0 Å². The number of hydrogen-bond acceptors (Lipinski definition) is 4. The summed E-state index contributed by atoms with van der Waals surface area (Å²) in [5, 5.41) is 9.71. The molecule has 2 unspecified atom stereocenters. The number of nitrogens with zero attached hydrogens (tertiary/aromatic N) is 1. The Balaban J connectivity index is 1.82. The van der Waals surface area contributed by atoms with E-state index >= 15 is 0 Å². The standard InChI is InChI=1S/C21H23NO4/c1-13-5-7-16(14(2)10-13)20(22-9-3-4-17(22)21(23)24)15-6-8-18-19(11-15)26-12-25-18/h5-8,10-11,17,20H,3-4,9,12H2,1-2H3,(H,23,24). The zero-order chi connectivity index (χ0) is 18.3. The van der Waals surface area contributed by atoms with Gasteiger partial charge in [0.1, 0.15) is 6.04 Å². The van der Waals surface area contributed by atoms with Gasteiger partial charge in [0.15, 0.2) is 11.5 Å². The third-order valence-corrected chi connectivity index (χ3v) is 5.34. The summed E-state index contributed by atoms with van der Waals surface area (Å²) in [5.74, 6) is 0.714. The quantitative estimate of drug-likeness (QED) is 0.909. The van der Waals surface area contributed by atoms with Gasteiger partial charge in [0, 0.05) is 6.54 Å². The molecule has 2 aromatic rings. The van der Waals surface area contributed by atoms with Gasteiger partial charge < -0.3 is 14.6 Å². The lowest BCUT2D eigenvalue weighted by atomic mass is 9.91. The Bertz CT molecular complexity index is 848. The number of aliphatic carboxylic acids is 1. The molecule has 2 atom stereocenters. The summed E-state index contributed by atoms with van der Waals surface area (Å²) in [6.45, 7) is 5.16. The summed E-state index contributed by atoms with van der Waals surface area (Å²) < 4.78 is 11.0. The van der Waals surface area contributed by atoms with Crippen LogP contribution in [0.4, 0.5) is 0 Å². The van der Waals surface area contributed by atoms with E-state index in [1.807, 2.05) is 18.2 Å². The van der Waals surface area contributed by atoms with Crippen molar-refractivity contribution < 1.29 is 19.4 Å². The van der Waals surface area contributed by atoms with Gasteiger partial charge in [-0.05, 0) is 55.5 Å². The third-order valence-electron chi connectivity index (χ3n) is 5.34. The molecular weight excluding hydrogens is 330 g/mol. The summed E-state index contributed by atoms with van der Waals surface area (Å²) in [4.78, 5) is 13.9. The molecule has 0 spiro atoms. The van der Waals surface area contributed by atoms with Crippen LogP contribution in [-0.2, 0) is 4.79 Å². The summed E-state index contributed by atoms with van der Waals surface area (Å²) in [5.41, 5.74) is 4.55. The average molecular weight is 353 g/mol. The zero-order valence-electron chi connectivity index (χ0n) is 15.1. The van der Waals surface area contributed by atoms with Crippen molar-refractivity contribution in [2.45, 2.75) is 38.8 Å². The Morgan fingerprint density at radius 1 is 1.15 bits per heavy atom. The van der Waals surface area contributed by atoms with E-state index in [9.17, 15) is 9.90 Å². The fourth-order valence-corrected chi connectivity index (χ4v) is 4.13. The Hall–Kier alpha value is -2.53. The monoisotopic (exact) mass is 353 g/mol. The molecule has 1 saturated heterocycles. The number of carboxylic acids is 1. The molecular formula is C21H23NO4. The van der Waals surface area contributed by atoms with E-state index in [1.165, 1.54) is 11.1 Å². The molecule has 0 aliphatic carbocycles. The van der Waals surface area contributed by atoms with E-state index in [0.29, 0.717) is 6.42 Å². The fourth-order valence-electron chi connectivity index (χ4n) is 4.13. The Kier molecular flexibility index (Phi) is 4.32. The van der Waals surface area contributed by atoms with Crippen LogP contribution in [0, 0.1) is 13.8 Å². The maximum absolute atomic E-state index is 11.8. The first-order valence-electron chi connectivity index (χ1n) is 9.00. The van der Waals surface area contributed by atoms with Crippen LogP contribution in [-0.4, -0.2) is 35.4 Å². The number of carbonyl (C=O) groups is 1. The van der Waals surface area contributed by atoms with Crippen molar-refractivity contribution in [2.24, 2.45) is 0 Å². The topological polar surface area (TPSA) is 59.0 Å². The highest BCUT2D eigenvalue weighted by Gasteiger charge is 2.37. The molecule has 26 heavy (non-hydrogen) atoms. The predicted octanol–water partition coefficient (Wildman–Crippen LogP) is 3.67. The Morgan fingerprint density at radius 2 is 1.96 bits per heavy atom. The third kappa shape index (κ3) is 2.92. The summed E-state index contributed by atoms with van der Waals surface area (Å²) in [7, 11) is 0. The molecule has 5 heteroatoms. The first-order chi connectivity index (χ1) is 12.5. The highest BCUT2D eigenvalue weighted by atomic mass is 16.7. The van der Waals surface area contributed by atoms with Crippen molar-refractivity contribution in [1.29, 1.82) is 0 Å². The van der Waals surface area contributed by atoms with Crippen LogP contribution in [0.3, 0.4) is 0 Å². The van der Waals surface area contributed by atoms with E-state index in [-0.39, 0.29) is 12.8 Å². The van der Waals surface area contributed by atoms with Gasteiger partial charge in [-0.1, -0.05) is 29.8 Å². The number of fused-ring (bicyclic) bond motifs is 1. The normalized spacial score (nSPS) is 20.3. The fraction of sp³-hybridized carbons (Fsp3) is 0.381. The van der Waals surface area contributed by atoms with Crippen molar-refractivity contribution in [3.05, 3.63) is 58.7 Å². The SMILES string of the molecule is Cc1ccc(C(c2ccc3c(c2)OCO3)N2CCCC2C(=O)O)c(C)c1. The molecule has 2 aliphatic heterocycles. The van der Waals surface area contributed by atoms with Crippen molar-refractivity contribution >= 4 is 5.97 Å². The molecule has 0 bridgehead atoms. The molecule has 0 saturated carbocycles. The van der Waals surface area contributed by atoms with Gasteiger partial charge in [0.2, 0.25) is 6.79 Å². The summed E-state index contributed by atoms with van der Waals surface area (Å²) in [6, 6.07) is 11.7. The number of ether oxygens (including phenoxy) is 2. The highest BCUT2D eigenvalue weighted by molar-refractivity contribution is 5.74. The molecule has 2 heterocycles. The molecule has 136 valence electrons. The maximum atomic E-state index is 11.8. The molecule has 5 nitrogen and oxygen atoms in total. The smallest absolute Gasteiger partial charge is 0.320 e. The van der Waals surface area contributed by atoms with E-state index in [1.54, 1.807) is 0 Å². The van der Waals surface area contributed by atoms with Gasteiger partial charge >= 0.3 is 5.97 Å². The zero-order valence-corrected chi connectivity index (χ0v) is 15.1. The number of rotatable bonds is 4. The first-order valence-corrected chi connectivity index (χ1v) is 9.00. The second-order valence-electron chi connectivity index (χ2n) is 7.11. The Morgan fingerprint density at radius 3 is 2.73 bits per heavy atom. The first kappa shape index (κ1) is 16.9. The van der Waals surface area contributed by atoms with Crippen molar-refractivity contribution in [3.63, 3.8) is 0 Å². The molecule has 0 aromatic heterocycles. The van der Waals surface area contributed by atoms with E-state index in [2.05, 4.69) is 36.9 Å². The second-order valence-corrected chi connectivity index (χ2v) is 7.11. The largest absolute Gasteiger partial charge is 0.480 e. The van der Waals surface area contributed by atoms with Crippen LogP contribution in [0.15, 0.2) is 36.4 Å². The Labute approximate surface area is 153 Å². The molecule has 1 N–H and O–H groups in total. The van der Waals surface area contributed by atoms with Gasteiger partial charge in [0.25, 0.3) is 0 Å².